The topological polar surface area (TPSA) is 105 Å². The molecule has 1 amide bonds. The molecule has 0 aliphatic carbocycles. The van der Waals surface area contributed by atoms with Gasteiger partial charge in [0.15, 0.2) is 11.5 Å². The molecule has 0 saturated carbocycles. The molecule has 0 fully saturated rings. The van der Waals surface area contributed by atoms with Gasteiger partial charge in [-0.05, 0) is 36.8 Å². The van der Waals surface area contributed by atoms with Gasteiger partial charge in [0.25, 0.3) is 0 Å². The van der Waals surface area contributed by atoms with Crippen LogP contribution in [0.25, 0.3) is 11.5 Å². The summed E-state index contributed by atoms with van der Waals surface area (Å²) in [7, 11) is 3.15. The second kappa shape index (κ2) is 10.4. The van der Waals surface area contributed by atoms with Crippen LogP contribution in [0.4, 0.5) is 0 Å². The molecule has 2 aromatic carbocycles. The van der Waals surface area contributed by atoms with Crippen LogP contribution in [-0.2, 0) is 16.1 Å². The van der Waals surface area contributed by atoms with Crippen LogP contribution in [0, 0.1) is 0 Å². The molecule has 0 aliphatic rings. The molecule has 0 bridgehead atoms. The van der Waals surface area contributed by atoms with Crippen LogP contribution < -0.4 is 20.5 Å². The van der Waals surface area contributed by atoms with Crippen molar-refractivity contribution in [3.05, 3.63) is 64.6 Å². The van der Waals surface area contributed by atoms with Crippen LogP contribution in [0.2, 0.25) is 0 Å². The molecule has 1 heterocycles. The normalized spacial score (nSPS) is 11.7. The zero-order valence-electron chi connectivity index (χ0n) is 17.7. The molecule has 1 atom stereocenters. The number of methoxy groups -OCH3 is 2. The maximum atomic E-state index is 12.5. The van der Waals surface area contributed by atoms with Crippen molar-refractivity contribution < 1.29 is 23.4 Å². The number of carbonyl (C=O) groups is 1. The number of hydrogen-bond acceptors (Lipinski definition) is 7. The van der Waals surface area contributed by atoms with Gasteiger partial charge in [-0.3, -0.25) is 4.79 Å². The zero-order chi connectivity index (χ0) is 22.2. The van der Waals surface area contributed by atoms with Crippen molar-refractivity contribution >= 4 is 5.91 Å². The fraction of sp³-hybridized carbons (Fsp3) is 0.318. The molecule has 164 valence electrons. The third kappa shape index (κ3) is 5.73. The number of hydrogen-bond donors (Lipinski definition) is 1. The van der Waals surface area contributed by atoms with E-state index in [1.165, 1.54) is 0 Å². The van der Waals surface area contributed by atoms with Crippen molar-refractivity contribution in [1.82, 2.24) is 15.1 Å². The summed E-state index contributed by atoms with van der Waals surface area (Å²) in [4.78, 5) is 24.5. The van der Waals surface area contributed by atoms with Crippen LogP contribution in [0.3, 0.4) is 0 Å². The Kier molecular flexibility index (Phi) is 7.45. The zero-order valence-corrected chi connectivity index (χ0v) is 17.7. The molecule has 1 N–H and O–H groups in total. The fourth-order valence-electron chi connectivity index (χ4n) is 2.92. The number of benzene rings is 2. The highest BCUT2D eigenvalue weighted by molar-refractivity contribution is 5.76. The Morgan fingerprint density at radius 1 is 1.13 bits per heavy atom. The molecule has 0 radical (unpaired) electrons. The van der Waals surface area contributed by atoms with E-state index in [1.807, 2.05) is 31.2 Å². The number of carbonyl (C=O) groups excluding carboxylic acids is 1. The van der Waals surface area contributed by atoms with E-state index in [0.717, 1.165) is 10.2 Å². The van der Waals surface area contributed by atoms with Crippen molar-refractivity contribution in [3.63, 3.8) is 0 Å². The van der Waals surface area contributed by atoms with Gasteiger partial charge >= 0.3 is 5.76 Å². The van der Waals surface area contributed by atoms with Crippen molar-refractivity contribution in [2.45, 2.75) is 19.5 Å². The smallest absolute Gasteiger partial charge is 0.437 e. The highest BCUT2D eigenvalue weighted by Crippen LogP contribution is 2.30. The van der Waals surface area contributed by atoms with Crippen LogP contribution in [0.15, 0.2) is 57.7 Å². The number of nitrogens with one attached hydrogen (secondary N) is 1. The molecule has 0 saturated heterocycles. The van der Waals surface area contributed by atoms with Gasteiger partial charge in [-0.2, -0.15) is 4.68 Å². The lowest BCUT2D eigenvalue weighted by molar-refractivity contribution is -0.122. The SMILES string of the molecule is COCCOc1ccc([C@@H](C)NC(=O)Cn2nc(-c3ccccc3)oc2=O)cc1OC. The van der Waals surface area contributed by atoms with E-state index in [-0.39, 0.29) is 24.4 Å². The maximum absolute atomic E-state index is 12.5. The number of amides is 1. The molecule has 3 rings (SSSR count). The van der Waals surface area contributed by atoms with Gasteiger partial charge in [0.05, 0.1) is 19.8 Å². The minimum Gasteiger partial charge on any atom is -0.493 e. The van der Waals surface area contributed by atoms with Gasteiger partial charge in [-0.25, -0.2) is 4.79 Å². The Hall–Kier alpha value is -3.59. The van der Waals surface area contributed by atoms with E-state index in [2.05, 4.69) is 10.4 Å². The second-order valence-electron chi connectivity index (χ2n) is 6.74. The predicted molar refractivity (Wildman–Crippen MR) is 113 cm³/mol. The third-order valence-corrected chi connectivity index (χ3v) is 4.53. The summed E-state index contributed by atoms with van der Waals surface area (Å²) in [5.41, 5.74) is 1.48. The van der Waals surface area contributed by atoms with E-state index in [1.54, 1.807) is 38.5 Å². The molecule has 9 nitrogen and oxygen atoms in total. The van der Waals surface area contributed by atoms with E-state index in [0.29, 0.717) is 30.3 Å². The molecule has 0 unspecified atom stereocenters. The molecule has 0 aliphatic heterocycles. The monoisotopic (exact) mass is 427 g/mol. The Labute approximate surface area is 179 Å². The first-order valence-corrected chi connectivity index (χ1v) is 9.74. The fourth-order valence-corrected chi connectivity index (χ4v) is 2.92. The maximum Gasteiger partial charge on any atom is 0.437 e. The van der Waals surface area contributed by atoms with Gasteiger partial charge in [0.2, 0.25) is 11.8 Å². The van der Waals surface area contributed by atoms with Crippen LogP contribution in [0.1, 0.15) is 18.5 Å². The molecule has 0 spiro atoms. The van der Waals surface area contributed by atoms with Crippen LogP contribution >= 0.6 is 0 Å². The first-order chi connectivity index (χ1) is 15.0. The second-order valence-corrected chi connectivity index (χ2v) is 6.74. The summed E-state index contributed by atoms with van der Waals surface area (Å²) >= 11 is 0. The van der Waals surface area contributed by atoms with Gasteiger partial charge in [0, 0.05) is 12.7 Å². The van der Waals surface area contributed by atoms with Crippen molar-refractivity contribution in [2.75, 3.05) is 27.4 Å². The average molecular weight is 427 g/mol. The summed E-state index contributed by atoms with van der Waals surface area (Å²) in [5.74, 6) is 0.238. The van der Waals surface area contributed by atoms with Crippen molar-refractivity contribution in [1.29, 1.82) is 0 Å². The third-order valence-electron chi connectivity index (χ3n) is 4.53. The van der Waals surface area contributed by atoms with Gasteiger partial charge in [-0.1, -0.05) is 24.3 Å². The number of aromatic nitrogens is 2. The Morgan fingerprint density at radius 2 is 1.90 bits per heavy atom. The summed E-state index contributed by atoms with van der Waals surface area (Å²) < 4.78 is 22.1. The number of nitrogens with zero attached hydrogens (tertiary/aromatic N) is 2. The van der Waals surface area contributed by atoms with Crippen LogP contribution in [0.5, 0.6) is 11.5 Å². The van der Waals surface area contributed by atoms with Gasteiger partial charge < -0.3 is 23.9 Å². The first kappa shape index (κ1) is 22.1. The summed E-state index contributed by atoms with van der Waals surface area (Å²) in [6.45, 7) is 2.44. The molecular weight excluding hydrogens is 402 g/mol. The molecule has 9 heteroatoms. The average Bonchev–Trinajstić information content (AvgIpc) is 3.14. The van der Waals surface area contributed by atoms with Crippen molar-refractivity contribution in [2.24, 2.45) is 0 Å². The van der Waals surface area contributed by atoms with Crippen LogP contribution in [-0.4, -0.2) is 43.1 Å². The Balaban J connectivity index is 1.64. The highest BCUT2D eigenvalue weighted by atomic mass is 16.5. The lowest BCUT2D eigenvalue weighted by atomic mass is 10.1. The van der Waals surface area contributed by atoms with E-state index in [9.17, 15) is 9.59 Å². The van der Waals surface area contributed by atoms with E-state index >= 15 is 0 Å². The highest BCUT2D eigenvalue weighted by Gasteiger charge is 2.16. The minimum absolute atomic E-state index is 0.167. The van der Waals surface area contributed by atoms with E-state index in [4.69, 9.17) is 18.6 Å². The molecule has 3 aromatic rings. The molecule has 1 aromatic heterocycles. The van der Waals surface area contributed by atoms with Crippen molar-refractivity contribution in [3.8, 4) is 23.0 Å². The number of ether oxygens (including phenoxy) is 3. The summed E-state index contributed by atoms with van der Waals surface area (Å²) in [6, 6.07) is 14.1. The lowest BCUT2D eigenvalue weighted by Crippen LogP contribution is -2.33. The number of rotatable bonds is 10. The summed E-state index contributed by atoms with van der Waals surface area (Å²) in [6.07, 6.45) is 0. The van der Waals surface area contributed by atoms with E-state index < -0.39 is 5.76 Å². The van der Waals surface area contributed by atoms with Gasteiger partial charge in [0.1, 0.15) is 13.2 Å². The largest absolute Gasteiger partial charge is 0.493 e. The molecule has 31 heavy (non-hydrogen) atoms. The minimum atomic E-state index is -0.694. The Bertz CT molecular complexity index is 1060. The van der Waals surface area contributed by atoms with Gasteiger partial charge in [-0.15, -0.1) is 5.10 Å². The lowest BCUT2D eigenvalue weighted by Gasteiger charge is -2.17. The summed E-state index contributed by atoms with van der Waals surface area (Å²) in [5, 5.41) is 6.95. The quantitative estimate of drug-likeness (QED) is 0.496. The standard InChI is InChI=1S/C22H25N3O6/c1-15(17-9-10-18(19(13-17)29-3)30-12-11-28-2)23-20(26)14-25-22(27)31-21(24-25)16-7-5-4-6-8-16/h4-10,13,15H,11-12,14H2,1-3H3,(H,23,26)/t15-/m1/s1. The predicted octanol–water partition coefficient (Wildman–Crippen LogP) is 2.41. The first-order valence-electron chi connectivity index (χ1n) is 9.74. The Morgan fingerprint density at radius 3 is 2.61 bits per heavy atom. The molecular formula is C22H25N3O6.